The molecule has 0 aliphatic heterocycles. The Bertz CT molecular complexity index is 338. The third-order valence-corrected chi connectivity index (χ3v) is 3.27. The van der Waals surface area contributed by atoms with Crippen LogP contribution >= 0.6 is 11.6 Å². The molecule has 0 aliphatic rings. The van der Waals surface area contributed by atoms with Crippen molar-refractivity contribution in [2.45, 2.75) is 51.6 Å². The number of halogens is 1. The van der Waals surface area contributed by atoms with E-state index >= 15 is 0 Å². The lowest BCUT2D eigenvalue weighted by Crippen LogP contribution is -2.04. The van der Waals surface area contributed by atoms with Crippen molar-refractivity contribution in [3.63, 3.8) is 0 Å². The second-order valence-electron chi connectivity index (χ2n) is 4.71. The van der Waals surface area contributed by atoms with E-state index in [0.29, 0.717) is 13.0 Å². The van der Waals surface area contributed by atoms with Crippen molar-refractivity contribution < 1.29 is 9.53 Å². The van der Waals surface area contributed by atoms with Gasteiger partial charge in [0.25, 0.3) is 0 Å². The van der Waals surface area contributed by atoms with Crippen molar-refractivity contribution in [3.05, 3.63) is 35.9 Å². The largest absolute Gasteiger partial charge is 0.461 e. The molecule has 106 valence electrons. The highest BCUT2D eigenvalue weighted by atomic mass is 35.5. The average molecular weight is 283 g/mol. The van der Waals surface area contributed by atoms with Gasteiger partial charge in [0.15, 0.2) is 0 Å². The lowest BCUT2D eigenvalue weighted by atomic mass is 10.1. The Hall–Kier alpha value is -1.02. The van der Waals surface area contributed by atoms with E-state index in [1.54, 1.807) is 0 Å². The van der Waals surface area contributed by atoms with Crippen LogP contribution in [0.3, 0.4) is 0 Å². The Morgan fingerprint density at radius 2 is 1.58 bits per heavy atom. The molecule has 2 nitrogen and oxygen atoms in total. The molecule has 0 atom stereocenters. The maximum atomic E-state index is 11.5. The summed E-state index contributed by atoms with van der Waals surface area (Å²) in [4.78, 5) is 11.5. The minimum absolute atomic E-state index is 0.0930. The summed E-state index contributed by atoms with van der Waals surface area (Å²) in [5.41, 5.74) is 1.04. The number of hydrogen-bond donors (Lipinski definition) is 0. The summed E-state index contributed by atoms with van der Waals surface area (Å²) in [6, 6.07) is 9.78. The maximum absolute atomic E-state index is 11.5. The van der Waals surface area contributed by atoms with Crippen molar-refractivity contribution >= 4 is 17.6 Å². The molecule has 0 fully saturated rings. The van der Waals surface area contributed by atoms with E-state index in [4.69, 9.17) is 16.3 Å². The molecular weight excluding hydrogens is 260 g/mol. The number of carbonyl (C=O) groups excluding carboxylic acids is 1. The molecule has 0 heterocycles. The Labute approximate surface area is 121 Å². The van der Waals surface area contributed by atoms with Gasteiger partial charge < -0.3 is 4.74 Å². The number of alkyl halides is 1. The normalized spacial score (nSPS) is 10.4. The Morgan fingerprint density at radius 3 is 2.26 bits per heavy atom. The summed E-state index contributed by atoms with van der Waals surface area (Å²) in [7, 11) is 0. The first-order chi connectivity index (χ1) is 9.33. The molecule has 0 bridgehead atoms. The van der Waals surface area contributed by atoms with Crippen molar-refractivity contribution in [3.8, 4) is 0 Å². The maximum Gasteiger partial charge on any atom is 0.306 e. The highest BCUT2D eigenvalue weighted by Gasteiger charge is 2.02. The zero-order chi connectivity index (χ0) is 13.8. The van der Waals surface area contributed by atoms with Crippen molar-refractivity contribution in [1.82, 2.24) is 0 Å². The van der Waals surface area contributed by atoms with Crippen LogP contribution in [-0.4, -0.2) is 11.8 Å². The molecule has 0 radical (unpaired) electrons. The molecule has 1 aromatic carbocycles. The average Bonchev–Trinajstić information content (AvgIpc) is 2.45. The van der Waals surface area contributed by atoms with Gasteiger partial charge in [-0.15, -0.1) is 11.6 Å². The van der Waals surface area contributed by atoms with Crippen LogP contribution < -0.4 is 0 Å². The van der Waals surface area contributed by atoms with E-state index in [0.717, 1.165) is 30.7 Å². The topological polar surface area (TPSA) is 26.3 Å². The van der Waals surface area contributed by atoms with Crippen molar-refractivity contribution in [1.29, 1.82) is 0 Å². The van der Waals surface area contributed by atoms with Gasteiger partial charge in [-0.3, -0.25) is 4.79 Å². The Balaban J connectivity index is 1.96. The number of ether oxygens (including phenoxy) is 1. The molecule has 19 heavy (non-hydrogen) atoms. The predicted molar refractivity (Wildman–Crippen MR) is 79.3 cm³/mol. The second-order valence-corrected chi connectivity index (χ2v) is 5.08. The smallest absolute Gasteiger partial charge is 0.306 e. The third kappa shape index (κ3) is 8.66. The third-order valence-electron chi connectivity index (χ3n) is 3.01. The van der Waals surface area contributed by atoms with Gasteiger partial charge in [-0.1, -0.05) is 56.0 Å². The number of hydrogen-bond acceptors (Lipinski definition) is 2. The molecule has 1 aromatic rings. The van der Waals surface area contributed by atoms with Crippen LogP contribution in [0.25, 0.3) is 0 Å². The highest BCUT2D eigenvalue weighted by molar-refractivity contribution is 6.17. The van der Waals surface area contributed by atoms with E-state index in [1.807, 2.05) is 30.3 Å². The predicted octanol–water partition coefficient (Wildman–Crippen LogP) is 4.70. The van der Waals surface area contributed by atoms with Gasteiger partial charge in [-0.2, -0.15) is 0 Å². The molecule has 0 N–H and O–H groups in total. The first-order valence-electron chi connectivity index (χ1n) is 7.08. The number of benzene rings is 1. The lowest BCUT2D eigenvalue weighted by Gasteiger charge is -2.05. The van der Waals surface area contributed by atoms with Gasteiger partial charge in [-0.25, -0.2) is 0 Å². The molecule has 0 unspecified atom stereocenters. The molecular formula is C16H23ClO2. The molecule has 3 heteroatoms. The zero-order valence-corrected chi connectivity index (χ0v) is 12.2. The summed E-state index contributed by atoms with van der Waals surface area (Å²) in [6.45, 7) is 0.384. The van der Waals surface area contributed by atoms with Crippen LogP contribution in [0.2, 0.25) is 0 Å². The summed E-state index contributed by atoms with van der Waals surface area (Å²) in [6.07, 6.45) is 7.25. The van der Waals surface area contributed by atoms with E-state index in [-0.39, 0.29) is 5.97 Å². The van der Waals surface area contributed by atoms with Gasteiger partial charge in [-0.05, 0) is 18.4 Å². The van der Waals surface area contributed by atoms with Gasteiger partial charge in [0, 0.05) is 12.3 Å². The van der Waals surface area contributed by atoms with Crippen molar-refractivity contribution in [2.24, 2.45) is 0 Å². The van der Waals surface area contributed by atoms with Crippen LogP contribution in [0.4, 0.5) is 0 Å². The molecule has 0 saturated heterocycles. The molecule has 1 rings (SSSR count). The van der Waals surface area contributed by atoms with Crippen LogP contribution in [0.5, 0.6) is 0 Å². The number of rotatable bonds is 10. The fraction of sp³-hybridized carbons (Fsp3) is 0.562. The Morgan fingerprint density at radius 1 is 0.947 bits per heavy atom. The van der Waals surface area contributed by atoms with E-state index < -0.39 is 0 Å². The molecule has 0 amide bonds. The fourth-order valence-corrected chi connectivity index (χ4v) is 2.07. The van der Waals surface area contributed by atoms with E-state index in [1.165, 1.54) is 19.3 Å². The molecule has 0 saturated carbocycles. The molecule has 0 aliphatic carbocycles. The zero-order valence-electron chi connectivity index (χ0n) is 11.4. The van der Waals surface area contributed by atoms with E-state index in [2.05, 4.69) is 0 Å². The summed E-state index contributed by atoms with van der Waals surface area (Å²) >= 11 is 5.61. The number of carbonyl (C=O) groups is 1. The number of unbranched alkanes of at least 4 members (excludes halogenated alkanes) is 5. The first-order valence-corrected chi connectivity index (χ1v) is 7.62. The number of esters is 1. The molecule has 0 spiro atoms. The van der Waals surface area contributed by atoms with Gasteiger partial charge >= 0.3 is 5.97 Å². The quantitative estimate of drug-likeness (QED) is 0.353. The van der Waals surface area contributed by atoms with Gasteiger partial charge in [0.05, 0.1) is 0 Å². The highest BCUT2D eigenvalue weighted by Crippen LogP contribution is 2.09. The van der Waals surface area contributed by atoms with Gasteiger partial charge in [0.1, 0.15) is 6.61 Å². The first kappa shape index (κ1) is 16.0. The lowest BCUT2D eigenvalue weighted by molar-refractivity contribution is -0.145. The minimum Gasteiger partial charge on any atom is -0.461 e. The van der Waals surface area contributed by atoms with Crippen LogP contribution in [0, 0.1) is 0 Å². The summed E-state index contributed by atoms with van der Waals surface area (Å²) in [5, 5.41) is 0. The van der Waals surface area contributed by atoms with Crippen LogP contribution in [0.1, 0.15) is 50.5 Å². The summed E-state index contributed by atoms with van der Waals surface area (Å²) in [5.74, 6) is 0.663. The van der Waals surface area contributed by atoms with Crippen LogP contribution in [-0.2, 0) is 16.1 Å². The second kappa shape index (κ2) is 10.9. The minimum atomic E-state index is -0.0930. The fourth-order valence-electron chi connectivity index (χ4n) is 1.88. The van der Waals surface area contributed by atoms with Gasteiger partial charge in [0.2, 0.25) is 0 Å². The SMILES string of the molecule is O=C(CCCCCCCCCl)OCc1ccccc1. The van der Waals surface area contributed by atoms with Crippen LogP contribution in [0.15, 0.2) is 30.3 Å². The standard InChI is InChI=1S/C16H23ClO2/c17-13-9-4-2-1-3-8-12-16(18)19-14-15-10-6-5-7-11-15/h5-7,10-11H,1-4,8-9,12-14H2. The monoisotopic (exact) mass is 282 g/mol. The van der Waals surface area contributed by atoms with E-state index in [9.17, 15) is 4.79 Å². The van der Waals surface area contributed by atoms with Crippen molar-refractivity contribution in [2.75, 3.05) is 5.88 Å². The molecule has 0 aromatic heterocycles. The summed E-state index contributed by atoms with van der Waals surface area (Å²) < 4.78 is 5.22. The Kier molecular flexibility index (Phi) is 9.17.